The zero-order chi connectivity index (χ0) is 10.0. The van der Waals surface area contributed by atoms with Gasteiger partial charge in [-0.25, -0.2) is 4.39 Å². The first-order valence-electron chi connectivity index (χ1n) is 3.74. The summed E-state index contributed by atoms with van der Waals surface area (Å²) in [6, 6.07) is 3.59. The van der Waals surface area contributed by atoms with Gasteiger partial charge < -0.3 is 5.73 Å². The van der Waals surface area contributed by atoms with Gasteiger partial charge in [-0.3, -0.25) is 4.79 Å². The molecule has 0 fully saturated rings. The van der Waals surface area contributed by atoms with Crippen molar-refractivity contribution in [2.75, 3.05) is 0 Å². The van der Waals surface area contributed by atoms with Crippen LogP contribution in [0.1, 0.15) is 18.5 Å². The lowest BCUT2D eigenvalue weighted by Crippen LogP contribution is -2.20. The zero-order valence-corrected chi connectivity index (χ0v) is 8.64. The van der Waals surface area contributed by atoms with Crippen LogP contribution in [-0.4, -0.2) is 5.78 Å². The highest BCUT2D eigenvalue weighted by Crippen LogP contribution is 2.25. The number of ketones is 1. The highest BCUT2D eigenvalue weighted by Gasteiger charge is 2.18. The van der Waals surface area contributed by atoms with E-state index >= 15 is 0 Å². The highest BCUT2D eigenvalue weighted by atomic mass is 79.9. The molecular formula is C9H9BrFNO. The molecule has 1 aromatic carbocycles. The predicted molar refractivity (Wildman–Crippen MR) is 51.7 cm³/mol. The monoisotopic (exact) mass is 245 g/mol. The quantitative estimate of drug-likeness (QED) is 0.868. The molecule has 0 saturated carbocycles. The van der Waals surface area contributed by atoms with E-state index in [0.29, 0.717) is 4.47 Å². The average molecular weight is 246 g/mol. The SMILES string of the molecule is CC(=O)C(N)c1c(F)cccc1Br. The first-order valence-corrected chi connectivity index (χ1v) is 4.53. The number of carbonyl (C=O) groups excluding carboxylic acids is 1. The molecule has 0 radical (unpaired) electrons. The third-order valence-corrected chi connectivity index (χ3v) is 2.44. The van der Waals surface area contributed by atoms with Gasteiger partial charge in [0, 0.05) is 10.0 Å². The Labute approximate surface area is 84.1 Å². The number of rotatable bonds is 2. The minimum atomic E-state index is -0.893. The van der Waals surface area contributed by atoms with Crippen molar-refractivity contribution in [3.05, 3.63) is 34.1 Å². The molecule has 0 heterocycles. The molecule has 70 valence electrons. The molecule has 2 N–H and O–H groups in total. The molecular weight excluding hydrogens is 237 g/mol. The maximum Gasteiger partial charge on any atom is 0.151 e. The van der Waals surface area contributed by atoms with Crippen LogP contribution in [0.25, 0.3) is 0 Å². The van der Waals surface area contributed by atoms with Crippen molar-refractivity contribution >= 4 is 21.7 Å². The Kier molecular flexibility index (Phi) is 3.17. The maximum atomic E-state index is 13.2. The van der Waals surface area contributed by atoms with E-state index in [1.54, 1.807) is 12.1 Å². The molecule has 1 aromatic rings. The third-order valence-electron chi connectivity index (χ3n) is 1.75. The van der Waals surface area contributed by atoms with Crippen molar-refractivity contribution < 1.29 is 9.18 Å². The molecule has 2 nitrogen and oxygen atoms in total. The Morgan fingerprint density at radius 3 is 2.69 bits per heavy atom. The summed E-state index contributed by atoms with van der Waals surface area (Å²) in [5.41, 5.74) is 5.74. The van der Waals surface area contributed by atoms with Gasteiger partial charge in [0.15, 0.2) is 5.78 Å². The second kappa shape index (κ2) is 3.98. The van der Waals surface area contributed by atoms with Crippen LogP contribution in [-0.2, 0) is 4.79 Å². The Hall–Kier alpha value is -0.740. The smallest absolute Gasteiger partial charge is 0.151 e. The average Bonchev–Trinajstić information content (AvgIpc) is 2.03. The van der Waals surface area contributed by atoms with Crippen LogP contribution in [0.5, 0.6) is 0 Å². The van der Waals surface area contributed by atoms with E-state index in [1.807, 2.05) is 0 Å². The molecule has 0 amide bonds. The molecule has 1 atom stereocenters. The Balaban J connectivity index is 3.20. The predicted octanol–water partition coefficient (Wildman–Crippen LogP) is 2.18. The number of nitrogens with two attached hydrogens (primary N) is 1. The second-order valence-electron chi connectivity index (χ2n) is 2.72. The normalized spacial score (nSPS) is 12.6. The van der Waals surface area contributed by atoms with E-state index in [-0.39, 0.29) is 11.3 Å². The first kappa shape index (κ1) is 10.3. The fourth-order valence-corrected chi connectivity index (χ4v) is 1.60. The first-order chi connectivity index (χ1) is 6.04. The largest absolute Gasteiger partial charge is 0.318 e. The molecule has 0 bridgehead atoms. The van der Waals surface area contributed by atoms with Gasteiger partial charge in [0.05, 0.1) is 6.04 Å². The summed E-state index contributed by atoms with van der Waals surface area (Å²) in [6.07, 6.45) is 0. The highest BCUT2D eigenvalue weighted by molar-refractivity contribution is 9.10. The van der Waals surface area contributed by atoms with Crippen molar-refractivity contribution in [2.24, 2.45) is 5.73 Å². The summed E-state index contributed by atoms with van der Waals surface area (Å²) in [5.74, 6) is -0.720. The summed E-state index contributed by atoms with van der Waals surface area (Å²) in [5, 5.41) is 0. The van der Waals surface area contributed by atoms with E-state index in [4.69, 9.17) is 5.73 Å². The molecule has 0 saturated heterocycles. The molecule has 0 aliphatic carbocycles. The van der Waals surface area contributed by atoms with Gasteiger partial charge in [-0.05, 0) is 19.1 Å². The number of halogens is 2. The van der Waals surface area contributed by atoms with Crippen LogP contribution in [0.2, 0.25) is 0 Å². The van der Waals surface area contributed by atoms with Crippen LogP contribution in [0.4, 0.5) is 4.39 Å². The van der Waals surface area contributed by atoms with E-state index < -0.39 is 11.9 Å². The van der Waals surface area contributed by atoms with Crippen molar-refractivity contribution in [3.8, 4) is 0 Å². The van der Waals surface area contributed by atoms with Crippen molar-refractivity contribution in [1.82, 2.24) is 0 Å². The molecule has 4 heteroatoms. The molecule has 0 aromatic heterocycles. The summed E-state index contributed by atoms with van der Waals surface area (Å²) >= 11 is 3.14. The van der Waals surface area contributed by atoms with Crippen LogP contribution in [0.15, 0.2) is 22.7 Å². The van der Waals surface area contributed by atoms with Crippen LogP contribution >= 0.6 is 15.9 Å². The number of hydrogen-bond donors (Lipinski definition) is 1. The van der Waals surface area contributed by atoms with Gasteiger partial charge in [0.1, 0.15) is 5.82 Å². The fraction of sp³-hybridized carbons (Fsp3) is 0.222. The van der Waals surface area contributed by atoms with E-state index in [1.165, 1.54) is 13.0 Å². The van der Waals surface area contributed by atoms with Crippen LogP contribution in [0.3, 0.4) is 0 Å². The molecule has 1 unspecified atom stereocenters. The van der Waals surface area contributed by atoms with Gasteiger partial charge in [-0.1, -0.05) is 22.0 Å². The molecule has 0 aliphatic heterocycles. The third kappa shape index (κ3) is 2.14. The Bertz CT molecular complexity index is 320. The number of carbonyl (C=O) groups is 1. The zero-order valence-electron chi connectivity index (χ0n) is 7.05. The number of hydrogen-bond acceptors (Lipinski definition) is 2. The summed E-state index contributed by atoms with van der Waals surface area (Å²) in [4.78, 5) is 10.9. The molecule has 1 rings (SSSR count). The van der Waals surface area contributed by atoms with E-state index in [9.17, 15) is 9.18 Å². The lowest BCUT2D eigenvalue weighted by atomic mass is 10.0. The summed E-state index contributed by atoms with van der Waals surface area (Å²) < 4.78 is 13.7. The standard InChI is InChI=1S/C9H9BrFNO/c1-5(13)9(12)8-6(10)3-2-4-7(8)11/h2-4,9H,12H2,1H3. The van der Waals surface area contributed by atoms with Gasteiger partial charge in [0.2, 0.25) is 0 Å². The molecule has 0 spiro atoms. The van der Waals surface area contributed by atoms with Crippen molar-refractivity contribution in [2.45, 2.75) is 13.0 Å². The van der Waals surface area contributed by atoms with Crippen LogP contribution in [0, 0.1) is 5.82 Å². The van der Waals surface area contributed by atoms with Crippen molar-refractivity contribution in [3.63, 3.8) is 0 Å². The second-order valence-corrected chi connectivity index (χ2v) is 3.58. The lowest BCUT2D eigenvalue weighted by Gasteiger charge is -2.10. The maximum absolute atomic E-state index is 13.2. The summed E-state index contributed by atoms with van der Waals surface area (Å²) in [6.45, 7) is 1.34. The topological polar surface area (TPSA) is 43.1 Å². The van der Waals surface area contributed by atoms with Gasteiger partial charge in [0.25, 0.3) is 0 Å². The van der Waals surface area contributed by atoms with Crippen molar-refractivity contribution in [1.29, 1.82) is 0 Å². The lowest BCUT2D eigenvalue weighted by molar-refractivity contribution is -0.118. The molecule has 13 heavy (non-hydrogen) atoms. The minimum absolute atomic E-state index is 0.218. The van der Waals surface area contributed by atoms with Crippen LogP contribution < -0.4 is 5.73 Å². The van der Waals surface area contributed by atoms with E-state index in [0.717, 1.165) is 0 Å². The number of benzene rings is 1. The molecule has 0 aliphatic rings. The number of Topliss-reactive ketones (excluding diaryl/α,β-unsaturated/α-hetero) is 1. The Morgan fingerprint density at radius 2 is 2.23 bits per heavy atom. The fourth-order valence-electron chi connectivity index (χ4n) is 1.01. The van der Waals surface area contributed by atoms with Gasteiger partial charge in [-0.15, -0.1) is 0 Å². The van der Waals surface area contributed by atoms with E-state index in [2.05, 4.69) is 15.9 Å². The van der Waals surface area contributed by atoms with Gasteiger partial charge in [-0.2, -0.15) is 0 Å². The summed E-state index contributed by atoms with van der Waals surface area (Å²) in [7, 11) is 0. The van der Waals surface area contributed by atoms with Gasteiger partial charge >= 0.3 is 0 Å². The Morgan fingerprint density at radius 1 is 1.62 bits per heavy atom. The minimum Gasteiger partial charge on any atom is -0.318 e.